The molecular formula is C17H15F2N5. The Balaban J connectivity index is 2.38. The number of anilines is 2. The molecule has 0 fully saturated rings. The van der Waals surface area contributed by atoms with Crippen LogP contribution in [0.2, 0.25) is 0 Å². The van der Waals surface area contributed by atoms with Crippen molar-refractivity contribution in [1.82, 2.24) is 9.55 Å². The van der Waals surface area contributed by atoms with Crippen LogP contribution in [-0.4, -0.2) is 22.9 Å². The number of rotatable bonds is 3. The molecule has 0 bridgehead atoms. The minimum atomic E-state index is -1.05. The molecule has 0 amide bonds. The van der Waals surface area contributed by atoms with Gasteiger partial charge in [-0.15, -0.1) is 0 Å². The number of benzene rings is 2. The van der Waals surface area contributed by atoms with Crippen LogP contribution >= 0.6 is 0 Å². The topological polar surface area (TPSA) is 68.8 Å². The van der Waals surface area contributed by atoms with Gasteiger partial charge < -0.3 is 4.90 Å². The molecule has 3 aromatic rings. The number of hydrogen-bond acceptors (Lipinski definition) is 4. The number of fused-ring (bicyclic) bond motifs is 1. The van der Waals surface area contributed by atoms with Gasteiger partial charge in [-0.3, -0.25) is 15.4 Å². The van der Waals surface area contributed by atoms with Gasteiger partial charge in [0.1, 0.15) is 5.82 Å². The lowest BCUT2D eigenvalue weighted by Gasteiger charge is -2.21. The third kappa shape index (κ3) is 2.44. The lowest BCUT2D eigenvalue weighted by Crippen LogP contribution is -2.27. The van der Waals surface area contributed by atoms with E-state index in [4.69, 9.17) is 10.8 Å². The van der Waals surface area contributed by atoms with Crippen molar-refractivity contribution in [3.63, 3.8) is 0 Å². The largest absolute Gasteiger partial charge is 0.329 e. The Morgan fingerprint density at radius 3 is 2.62 bits per heavy atom. The highest BCUT2D eigenvalue weighted by atomic mass is 19.2. The third-order valence-corrected chi connectivity index (χ3v) is 3.83. The Morgan fingerprint density at radius 2 is 1.96 bits per heavy atom. The summed E-state index contributed by atoms with van der Waals surface area (Å²) < 4.78 is 29.3. The van der Waals surface area contributed by atoms with Crippen LogP contribution < -0.4 is 10.5 Å². The molecule has 0 saturated heterocycles. The number of nitrogens with one attached hydrogen (secondary N) is 2. The van der Waals surface area contributed by atoms with E-state index in [0.717, 1.165) is 28.2 Å². The Kier molecular flexibility index (Phi) is 3.84. The van der Waals surface area contributed by atoms with Gasteiger partial charge in [0.25, 0.3) is 0 Å². The molecule has 2 N–H and O–H groups in total. The van der Waals surface area contributed by atoms with Crippen molar-refractivity contribution in [2.24, 2.45) is 0 Å². The lowest BCUT2D eigenvalue weighted by molar-refractivity contribution is 0.516. The van der Waals surface area contributed by atoms with Gasteiger partial charge in [-0.1, -0.05) is 12.1 Å². The first-order valence-electron chi connectivity index (χ1n) is 7.20. The fourth-order valence-electron chi connectivity index (χ4n) is 2.61. The van der Waals surface area contributed by atoms with Gasteiger partial charge in [0.05, 0.1) is 17.2 Å². The summed E-state index contributed by atoms with van der Waals surface area (Å²) in [5.74, 6) is -1.93. The van der Waals surface area contributed by atoms with Crippen LogP contribution in [0.1, 0.15) is 5.56 Å². The normalized spacial score (nSPS) is 10.8. The van der Waals surface area contributed by atoms with Crippen LogP contribution in [-0.2, 0) is 0 Å². The number of nitrogens with zero attached hydrogens (tertiary/aromatic N) is 3. The summed E-state index contributed by atoms with van der Waals surface area (Å²) >= 11 is 0. The summed E-state index contributed by atoms with van der Waals surface area (Å²) in [6.07, 6.45) is 0.853. The lowest BCUT2D eigenvalue weighted by atomic mass is 10.1. The molecule has 0 aliphatic carbocycles. The van der Waals surface area contributed by atoms with Gasteiger partial charge in [-0.25, -0.2) is 8.78 Å². The molecule has 0 saturated carbocycles. The number of aromatic nitrogens is 2. The van der Waals surface area contributed by atoms with Crippen molar-refractivity contribution < 1.29 is 8.78 Å². The van der Waals surface area contributed by atoms with Gasteiger partial charge in [0.2, 0.25) is 5.62 Å². The third-order valence-electron chi connectivity index (χ3n) is 3.83. The molecule has 122 valence electrons. The van der Waals surface area contributed by atoms with Crippen molar-refractivity contribution in [3.8, 4) is 0 Å². The second-order valence-electron chi connectivity index (χ2n) is 5.41. The van der Waals surface area contributed by atoms with Crippen molar-refractivity contribution in [1.29, 1.82) is 10.8 Å². The summed E-state index contributed by atoms with van der Waals surface area (Å²) in [6, 6.07) is 9.79. The number of aryl methyl sites for hydroxylation is 1. The highest BCUT2D eigenvalue weighted by Gasteiger charge is 2.19. The van der Waals surface area contributed by atoms with E-state index >= 15 is 0 Å². The second-order valence-corrected chi connectivity index (χ2v) is 5.41. The SMILES string of the molecule is Cc1cccc(N(C)c2nc(=N)n(C=N)c3ccc(F)c(F)c23)c1. The van der Waals surface area contributed by atoms with E-state index in [2.05, 4.69) is 4.98 Å². The first kappa shape index (κ1) is 15.8. The molecule has 0 aliphatic heterocycles. The van der Waals surface area contributed by atoms with Crippen molar-refractivity contribution in [2.45, 2.75) is 6.92 Å². The minimum Gasteiger partial charge on any atom is -0.329 e. The summed E-state index contributed by atoms with van der Waals surface area (Å²) in [5.41, 5.74) is 1.71. The molecule has 1 aromatic heterocycles. The van der Waals surface area contributed by atoms with Crippen molar-refractivity contribution >= 4 is 28.7 Å². The molecule has 24 heavy (non-hydrogen) atoms. The van der Waals surface area contributed by atoms with E-state index in [1.54, 1.807) is 11.9 Å². The average Bonchev–Trinajstić information content (AvgIpc) is 2.56. The first-order chi connectivity index (χ1) is 11.4. The fraction of sp³-hybridized carbons (Fsp3) is 0.118. The van der Waals surface area contributed by atoms with Crippen LogP contribution in [0.5, 0.6) is 0 Å². The molecule has 0 radical (unpaired) electrons. The van der Waals surface area contributed by atoms with Crippen LogP contribution in [0.25, 0.3) is 10.9 Å². The highest BCUT2D eigenvalue weighted by Crippen LogP contribution is 2.31. The maximum absolute atomic E-state index is 14.5. The van der Waals surface area contributed by atoms with Gasteiger partial charge in [0, 0.05) is 12.7 Å². The summed E-state index contributed by atoms with van der Waals surface area (Å²) in [7, 11) is 1.68. The zero-order valence-corrected chi connectivity index (χ0v) is 13.1. The molecular weight excluding hydrogens is 312 g/mol. The van der Waals surface area contributed by atoms with Crippen molar-refractivity contribution in [2.75, 3.05) is 11.9 Å². The van der Waals surface area contributed by atoms with E-state index in [9.17, 15) is 8.78 Å². The molecule has 0 atom stereocenters. The predicted octanol–water partition coefficient (Wildman–Crippen LogP) is 3.33. The molecule has 2 aromatic carbocycles. The molecule has 7 heteroatoms. The maximum atomic E-state index is 14.5. The van der Waals surface area contributed by atoms with Gasteiger partial charge in [-0.05, 0) is 36.8 Å². The zero-order valence-electron chi connectivity index (χ0n) is 13.1. The fourth-order valence-corrected chi connectivity index (χ4v) is 2.61. The molecule has 0 aliphatic rings. The van der Waals surface area contributed by atoms with E-state index < -0.39 is 11.6 Å². The predicted molar refractivity (Wildman–Crippen MR) is 88.9 cm³/mol. The Labute approximate surface area is 136 Å². The summed E-state index contributed by atoms with van der Waals surface area (Å²) in [4.78, 5) is 5.68. The second kappa shape index (κ2) is 5.84. The van der Waals surface area contributed by atoms with Crippen LogP contribution in [0.4, 0.5) is 20.3 Å². The van der Waals surface area contributed by atoms with E-state index in [0.29, 0.717) is 0 Å². The van der Waals surface area contributed by atoms with Crippen LogP contribution in [0, 0.1) is 29.4 Å². The van der Waals surface area contributed by atoms with Gasteiger partial charge in [-0.2, -0.15) is 4.98 Å². The minimum absolute atomic E-state index is 0.0708. The monoisotopic (exact) mass is 327 g/mol. The van der Waals surface area contributed by atoms with E-state index in [1.807, 2.05) is 31.2 Å². The molecule has 3 rings (SSSR count). The Hall–Kier alpha value is -3.09. The van der Waals surface area contributed by atoms with E-state index in [-0.39, 0.29) is 22.3 Å². The smallest absolute Gasteiger partial charge is 0.229 e. The van der Waals surface area contributed by atoms with E-state index in [1.165, 1.54) is 6.07 Å². The Morgan fingerprint density at radius 1 is 1.21 bits per heavy atom. The standard InChI is InChI=1S/C17H15F2N5/c1-10-4-3-5-11(8-10)23(2)16-14-13(7-6-12(18)15(14)19)24(9-20)17(21)22-16/h3-9,20-21H,1-2H3. The van der Waals surface area contributed by atoms with Gasteiger partial charge in [0.15, 0.2) is 11.6 Å². The highest BCUT2D eigenvalue weighted by molar-refractivity contribution is 5.94. The average molecular weight is 327 g/mol. The molecule has 1 heterocycles. The first-order valence-corrected chi connectivity index (χ1v) is 7.20. The molecule has 0 spiro atoms. The summed E-state index contributed by atoms with van der Waals surface area (Å²) in [5, 5.41) is 15.3. The summed E-state index contributed by atoms with van der Waals surface area (Å²) in [6.45, 7) is 1.92. The maximum Gasteiger partial charge on any atom is 0.229 e. The van der Waals surface area contributed by atoms with Gasteiger partial charge >= 0.3 is 0 Å². The molecule has 5 nitrogen and oxygen atoms in total. The quantitative estimate of drug-likeness (QED) is 0.572. The molecule has 0 unspecified atom stereocenters. The Bertz CT molecular complexity index is 1010. The van der Waals surface area contributed by atoms with Crippen LogP contribution in [0.3, 0.4) is 0 Å². The van der Waals surface area contributed by atoms with Crippen LogP contribution in [0.15, 0.2) is 36.4 Å². The zero-order chi connectivity index (χ0) is 17.4. The number of hydrogen-bond donors (Lipinski definition) is 2. The van der Waals surface area contributed by atoms with Crippen molar-refractivity contribution in [3.05, 3.63) is 59.2 Å². The number of halogens is 2.